The molecular weight excluding hydrogens is 258 g/mol. The molecule has 3 nitrogen and oxygen atoms in total. The summed E-state index contributed by atoms with van der Waals surface area (Å²) in [5, 5.41) is 12.0. The second-order valence-corrected chi connectivity index (χ2v) is 5.60. The quantitative estimate of drug-likeness (QED) is 0.810. The molecule has 0 saturated carbocycles. The molecule has 3 atom stereocenters. The van der Waals surface area contributed by atoms with Crippen LogP contribution in [0.3, 0.4) is 0 Å². The van der Waals surface area contributed by atoms with Gasteiger partial charge >= 0.3 is 0 Å². The maximum atomic E-state index is 9.80. The van der Waals surface area contributed by atoms with Gasteiger partial charge in [0.05, 0.1) is 12.2 Å². The summed E-state index contributed by atoms with van der Waals surface area (Å²) >= 11 is 5.55. The van der Waals surface area contributed by atoms with Crippen LogP contribution >= 0.6 is 12.2 Å². The van der Waals surface area contributed by atoms with Crippen LogP contribution < -0.4 is 0 Å². The Morgan fingerprint density at radius 2 is 2.16 bits per heavy atom. The van der Waals surface area contributed by atoms with Crippen LogP contribution in [0.4, 0.5) is 0 Å². The lowest BCUT2D eigenvalue weighted by molar-refractivity contribution is -0.00848. The average Bonchev–Trinajstić information content (AvgIpc) is 2.69. The number of aryl methyl sites for hydroxylation is 1. The van der Waals surface area contributed by atoms with Crippen molar-refractivity contribution in [3.8, 4) is 0 Å². The number of nitrogens with zero attached hydrogens (tertiary/aromatic N) is 1. The molecular formula is C15H17NO2S. The van der Waals surface area contributed by atoms with Crippen molar-refractivity contribution >= 4 is 23.0 Å². The van der Waals surface area contributed by atoms with Crippen molar-refractivity contribution in [3.05, 3.63) is 40.7 Å². The Kier molecular flexibility index (Phi) is 3.17. The average molecular weight is 275 g/mol. The third kappa shape index (κ3) is 2.20. The molecule has 1 aliphatic rings. The minimum atomic E-state index is -0.416. The number of rotatable bonds is 1. The molecule has 0 spiro atoms. The van der Waals surface area contributed by atoms with Gasteiger partial charge in [-0.25, -0.2) is 0 Å². The van der Waals surface area contributed by atoms with Crippen LogP contribution in [-0.2, 0) is 4.74 Å². The number of hydrogen-bond donors (Lipinski definition) is 1. The van der Waals surface area contributed by atoms with Crippen molar-refractivity contribution in [2.75, 3.05) is 0 Å². The molecule has 0 bridgehead atoms. The number of ether oxygens (including phenoxy) is 1. The summed E-state index contributed by atoms with van der Waals surface area (Å²) in [5.41, 5.74) is 1.22. The predicted molar refractivity (Wildman–Crippen MR) is 77.7 cm³/mol. The van der Waals surface area contributed by atoms with E-state index in [9.17, 15) is 5.11 Å². The van der Waals surface area contributed by atoms with E-state index in [4.69, 9.17) is 17.0 Å². The summed E-state index contributed by atoms with van der Waals surface area (Å²) in [7, 11) is 0. The number of fused-ring (bicyclic) bond motifs is 1. The van der Waals surface area contributed by atoms with Crippen molar-refractivity contribution < 1.29 is 9.84 Å². The smallest absolute Gasteiger partial charge is 0.137 e. The van der Waals surface area contributed by atoms with Crippen LogP contribution in [0.1, 0.15) is 25.1 Å². The van der Waals surface area contributed by atoms with E-state index in [0.717, 1.165) is 15.4 Å². The first-order chi connectivity index (χ1) is 9.06. The van der Waals surface area contributed by atoms with E-state index in [-0.39, 0.29) is 12.3 Å². The summed E-state index contributed by atoms with van der Waals surface area (Å²) in [5.74, 6) is 0. The Labute approximate surface area is 117 Å². The fraction of sp³-hybridized carbons (Fsp3) is 0.400. The molecule has 0 radical (unpaired) electrons. The van der Waals surface area contributed by atoms with E-state index < -0.39 is 6.10 Å². The van der Waals surface area contributed by atoms with Crippen molar-refractivity contribution in [2.24, 2.45) is 0 Å². The molecule has 2 aromatic rings. The molecule has 3 unspecified atom stereocenters. The molecule has 0 aliphatic carbocycles. The number of aromatic nitrogens is 1. The topological polar surface area (TPSA) is 34.4 Å². The highest BCUT2D eigenvalue weighted by molar-refractivity contribution is 7.71. The zero-order valence-corrected chi connectivity index (χ0v) is 11.9. The van der Waals surface area contributed by atoms with Crippen LogP contribution in [-0.4, -0.2) is 21.9 Å². The number of pyridine rings is 1. The van der Waals surface area contributed by atoms with Crippen molar-refractivity contribution in [1.29, 1.82) is 0 Å². The first-order valence-corrected chi connectivity index (χ1v) is 6.92. The molecule has 3 rings (SSSR count). The fourth-order valence-corrected chi connectivity index (χ4v) is 2.94. The van der Waals surface area contributed by atoms with Gasteiger partial charge in [0.25, 0.3) is 0 Å². The zero-order chi connectivity index (χ0) is 13.6. The number of aliphatic hydroxyl groups excluding tert-OH is 1. The van der Waals surface area contributed by atoms with Crippen molar-refractivity contribution in [1.82, 2.24) is 4.57 Å². The maximum Gasteiger partial charge on any atom is 0.137 e. The van der Waals surface area contributed by atoms with Crippen molar-refractivity contribution in [2.45, 2.75) is 38.7 Å². The maximum absolute atomic E-state index is 9.80. The van der Waals surface area contributed by atoms with Crippen molar-refractivity contribution in [3.63, 3.8) is 0 Å². The third-order valence-corrected chi connectivity index (χ3v) is 4.18. The number of hydrogen-bond acceptors (Lipinski definition) is 3. The van der Waals surface area contributed by atoms with Gasteiger partial charge in [-0.3, -0.25) is 0 Å². The van der Waals surface area contributed by atoms with E-state index in [2.05, 4.69) is 31.2 Å². The largest absolute Gasteiger partial charge is 0.390 e. The van der Waals surface area contributed by atoms with E-state index in [0.29, 0.717) is 6.42 Å². The minimum Gasteiger partial charge on any atom is -0.390 e. The summed E-state index contributed by atoms with van der Waals surface area (Å²) in [6.45, 7) is 3.96. The highest BCUT2D eigenvalue weighted by Gasteiger charge is 2.31. The van der Waals surface area contributed by atoms with E-state index in [1.807, 2.05) is 17.7 Å². The van der Waals surface area contributed by atoms with E-state index in [1.165, 1.54) is 5.56 Å². The lowest BCUT2D eigenvalue weighted by atomic mass is 10.1. The molecule has 1 aromatic carbocycles. The van der Waals surface area contributed by atoms with Gasteiger partial charge in [0, 0.05) is 18.0 Å². The van der Waals surface area contributed by atoms with Crippen LogP contribution in [0, 0.1) is 11.6 Å². The second-order valence-electron chi connectivity index (χ2n) is 5.22. The van der Waals surface area contributed by atoms with Crippen LogP contribution in [0.5, 0.6) is 0 Å². The van der Waals surface area contributed by atoms with Crippen LogP contribution in [0.25, 0.3) is 10.8 Å². The van der Waals surface area contributed by atoms with Gasteiger partial charge < -0.3 is 14.4 Å². The summed E-state index contributed by atoms with van der Waals surface area (Å²) < 4.78 is 8.47. The summed E-state index contributed by atoms with van der Waals surface area (Å²) in [4.78, 5) is 0. The fourth-order valence-electron chi connectivity index (χ4n) is 2.58. The molecule has 0 amide bonds. The van der Waals surface area contributed by atoms with Gasteiger partial charge in [-0.05, 0) is 25.3 Å². The highest BCUT2D eigenvalue weighted by Crippen LogP contribution is 2.30. The molecule has 1 aliphatic heterocycles. The molecule has 100 valence electrons. The third-order valence-electron chi connectivity index (χ3n) is 3.75. The van der Waals surface area contributed by atoms with Gasteiger partial charge in [-0.15, -0.1) is 0 Å². The SMILES string of the molecule is Cc1ccc2c(=S)n(C3CC(O)C(C)O3)ccc2c1. The van der Waals surface area contributed by atoms with Gasteiger partial charge in [0.15, 0.2) is 0 Å². The monoisotopic (exact) mass is 275 g/mol. The minimum absolute atomic E-state index is 0.138. The van der Waals surface area contributed by atoms with Gasteiger partial charge in [0.1, 0.15) is 10.9 Å². The Balaban J connectivity index is 2.09. The lowest BCUT2D eigenvalue weighted by Gasteiger charge is -2.16. The second kappa shape index (κ2) is 4.71. The number of benzene rings is 1. The first kappa shape index (κ1) is 12.8. The summed E-state index contributed by atoms with van der Waals surface area (Å²) in [6, 6.07) is 8.30. The summed E-state index contributed by atoms with van der Waals surface area (Å²) in [6.07, 6.45) is 1.83. The Hall–Kier alpha value is -1.23. The molecule has 1 saturated heterocycles. The molecule has 19 heavy (non-hydrogen) atoms. The van der Waals surface area contributed by atoms with Crippen LogP contribution in [0.2, 0.25) is 0 Å². The lowest BCUT2D eigenvalue weighted by Crippen LogP contribution is -2.15. The van der Waals surface area contributed by atoms with E-state index >= 15 is 0 Å². The first-order valence-electron chi connectivity index (χ1n) is 6.51. The van der Waals surface area contributed by atoms with Gasteiger partial charge in [-0.2, -0.15) is 0 Å². The Morgan fingerprint density at radius 1 is 1.37 bits per heavy atom. The number of aliphatic hydroxyl groups is 1. The molecule has 2 heterocycles. The molecule has 4 heteroatoms. The standard InChI is InChI=1S/C15H17NO2S/c1-9-3-4-12-11(7-9)5-6-16(15(12)19)14-8-13(17)10(2)18-14/h3-7,10,13-14,17H,8H2,1-2H3. The van der Waals surface area contributed by atoms with E-state index in [1.54, 1.807) is 0 Å². The molecule has 1 N–H and O–H groups in total. The van der Waals surface area contributed by atoms with Gasteiger partial charge in [-0.1, -0.05) is 36.0 Å². The molecule has 1 fully saturated rings. The normalized spacial score (nSPS) is 27.0. The van der Waals surface area contributed by atoms with Gasteiger partial charge in [0.2, 0.25) is 0 Å². The van der Waals surface area contributed by atoms with Crippen LogP contribution in [0.15, 0.2) is 30.5 Å². The Morgan fingerprint density at radius 3 is 2.84 bits per heavy atom. The molecule has 1 aromatic heterocycles. The zero-order valence-electron chi connectivity index (χ0n) is 11.0. The highest BCUT2D eigenvalue weighted by atomic mass is 32.1. The predicted octanol–water partition coefficient (Wildman–Crippen LogP) is 3.35. The Bertz CT molecular complexity index is 669.